The van der Waals surface area contributed by atoms with Crippen LogP contribution in [0.4, 0.5) is 0 Å². The van der Waals surface area contributed by atoms with Gasteiger partial charge in [-0.2, -0.15) is 0 Å². The maximum atomic E-state index is 11.9. The van der Waals surface area contributed by atoms with Gasteiger partial charge in [0, 0.05) is 26.0 Å². The Morgan fingerprint density at radius 2 is 2.27 bits per heavy atom. The van der Waals surface area contributed by atoms with E-state index in [1.807, 2.05) is 18.2 Å². The average molecular weight is 318 g/mol. The van der Waals surface area contributed by atoms with Gasteiger partial charge in [0.25, 0.3) is 0 Å². The molecule has 5 heteroatoms. The van der Waals surface area contributed by atoms with E-state index < -0.39 is 0 Å². The summed E-state index contributed by atoms with van der Waals surface area (Å²) in [4.78, 5) is 16.4. The van der Waals surface area contributed by atoms with Crippen molar-refractivity contribution >= 4 is 27.5 Å². The minimum absolute atomic E-state index is 0.121. The van der Waals surface area contributed by atoms with Gasteiger partial charge in [-0.1, -0.05) is 12.1 Å². The number of rotatable bonds is 6. The Hall–Kier alpha value is -1.46. The Morgan fingerprint density at radius 1 is 1.36 bits per heavy atom. The normalized spacial score (nSPS) is 18.5. The van der Waals surface area contributed by atoms with Crippen LogP contribution in [0.1, 0.15) is 37.1 Å². The highest BCUT2D eigenvalue weighted by Gasteiger charge is 2.15. The number of carbonyl (C=O) groups is 1. The average Bonchev–Trinajstić information content (AvgIpc) is 2.96. The predicted molar refractivity (Wildman–Crippen MR) is 89.2 cm³/mol. The summed E-state index contributed by atoms with van der Waals surface area (Å²) in [7, 11) is 0. The maximum Gasteiger partial charge on any atom is 0.220 e. The number of hydrogen-bond acceptors (Lipinski definition) is 4. The summed E-state index contributed by atoms with van der Waals surface area (Å²) in [6.45, 7) is 1.51. The van der Waals surface area contributed by atoms with Crippen LogP contribution in [0.15, 0.2) is 24.3 Å². The highest BCUT2D eigenvalue weighted by atomic mass is 32.1. The standard InChI is InChI=1S/C17H22N2O2S/c20-16(9-8-13-5-3-4-12-21-13)18-11-10-17-19-14-6-1-2-7-15(14)22-17/h1-2,6-7,13H,3-5,8-12H2,(H,18,20). The molecule has 0 saturated carbocycles. The molecule has 4 nitrogen and oxygen atoms in total. The molecular formula is C17H22N2O2S. The van der Waals surface area contributed by atoms with E-state index >= 15 is 0 Å². The number of nitrogens with one attached hydrogen (secondary N) is 1. The van der Waals surface area contributed by atoms with Crippen molar-refractivity contribution in [1.82, 2.24) is 10.3 Å². The van der Waals surface area contributed by atoms with Gasteiger partial charge < -0.3 is 10.1 Å². The van der Waals surface area contributed by atoms with E-state index in [2.05, 4.69) is 16.4 Å². The smallest absolute Gasteiger partial charge is 0.220 e. The third-order valence-corrected chi connectivity index (χ3v) is 5.06. The van der Waals surface area contributed by atoms with Crippen molar-refractivity contribution in [1.29, 1.82) is 0 Å². The Kier molecular flexibility index (Phi) is 5.40. The van der Waals surface area contributed by atoms with Gasteiger partial charge >= 0.3 is 0 Å². The molecule has 2 heterocycles. The molecule has 0 bridgehead atoms. The molecular weight excluding hydrogens is 296 g/mol. The molecule has 1 fully saturated rings. The van der Waals surface area contributed by atoms with Crippen LogP contribution in [-0.4, -0.2) is 30.1 Å². The lowest BCUT2D eigenvalue weighted by molar-refractivity contribution is -0.122. The second kappa shape index (κ2) is 7.70. The van der Waals surface area contributed by atoms with E-state index in [1.54, 1.807) is 11.3 Å². The fraction of sp³-hybridized carbons (Fsp3) is 0.529. The molecule has 2 aromatic rings. The summed E-state index contributed by atoms with van der Waals surface area (Å²) < 4.78 is 6.85. The Bertz CT molecular complexity index is 587. The number of aromatic nitrogens is 1. The van der Waals surface area contributed by atoms with Gasteiger partial charge in [0.05, 0.1) is 21.3 Å². The van der Waals surface area contributed by atoms with Crippen LogP contribution in [0.3, 0.4) is 0 Å². The van der Waals surface area contributed by atoms with Crippen LogP contribution in [-0.2, 0) is 16.0 Å². The molecule has 1 saturated heterocycles. The molecule has 1 aliphatic rings. The van der Waals surface area contributed by atoms with E-state index in [4.69, 9.17) is 4.74 Å². The second-order valence-electron chi connectivity index (χ2n) is 5.70. The molecule has 1 aromatic carbocycles. The molecule has 3 rings (SSSR count). The number of benzene rings is 1. The molecule has 1 aliphatic heterocycles. The number of fused-ring (bicyclic) bond motifs is 1. The molecule has 0 radical (unpaired) electrons. The Labute approximate surface area is 134 Å². The zero-order chi connectivity index (χ0) is 15.2. The lowest BCUT2D eigenvalue weighted by Gasteiger charge is -2.22. The fourth-order valence-electron chi connectivity index (χ4n) is 2.75. The molecule has 0 spiro atoms. The topological polar surface area (TPSA) is 51.2 Å². The number of para-hydroxylation sites is 1. The quantitative estimate of drug-likeness (QED) is 0.889. The van der Waals surface area contributed by atoms with Crippen molar-refractivity contribution < 1.29 is 9.53 Å². The largest absolute Gasteiger partial charge is 0.378 e. The lowest BCUT2D eigenvalue weighted by atomic mass is 10.0. The predicted octanol–water partition coefficient (Wildman–Crippen LogP) is 3.30. The summed E-state index contributed by atoms with van der Waals surface area (Å²) in [5, 5.41) is 4.07. The van der Waals surface area contributed by atoms with Crippen molar-refractivity contribution in [3.8, 4) is 0 Å². The molecule has 0 aliphatic carbocycles. The zero-order valence-electron chi connectivity index (χ0n) is 12.7. The molecule has 1 unspecified atom stereocenters. The summed E-state index contributed by atoms with van der Waals surface area (Å²) in [6.07, 6.45) is 5.96. The minimum Gasteiger partial charge on any atom is -0.378 e. The van der Waals surface area contributed by atoms with Crippen LogP contribution in [0.25, 0.3) is 10.2 Å². The van der Waals surface area contributed by atoms with Crippen LogP contribution < -0.4 is 5.32 Å². The highest BCUT2D eigenvalue weighted by molar-refractivity contribution is 7.18. The third kappa shape index (κ3) is 4.27. The summed E-state index contributed by atoms with van der Waals surface area (Å²) in [6, 6.07) is 8.14. The van der Waals surface area contributed by atoms with E-state index in [0.717, 1.165) is 42.8 Å². The van der Waals surface area contributed by atoms with Gasteiger partial charge in [0.15, 0.2) is 0 Å². The number of ether oxygens (including phenoxy) is 1. The Balaban J connectivity index is 1.37. The number of amides is 1. The number of hydrogen-bond donors (Lipinski definition) is 1. The summed E-state index contributed by atoms with van der Waals surface area (Å²) in [5.74, 6) is 0.121. The van der Waals surface area contributed by atoms with E-state index in [1.165, 1.54) is 11.1 Å². The van der Waals surface area contributed by atoms with Gasteiger partial charge in [-0.3, -0.25) is 4.79 Å². The molecule has 22 heavy (non-hydrogen) atoms. The van der Waals surface area contributed by atoms with Crippen molar-refractivity contribution in [2.24, 2.45) is 0 Å². The first-order valence-electron chi connectivity index (χ1n) is 8.04. The minimum atomic E-state index is 0.121. The van der Waals surface area contributed by atoms with E-state index in [0.29, 0.717) is 13.0 Å². The van der Waals surface area contributed by atoms with E-state index in [9.17, 15) is 4.79 Å². The second-order valence-corrected chi connectivity index (χ2v) is 6.82. The number of thiazole rings is 1. The molecule has 1 aromatic heterocycles. The van der Waals surface area contributed by atoms with Crippen molar-refractivity contribution in [3.63, 3.8) is 0 Å². The van der Waals surface area contributed by atoms with Gasteiger partial charge in [-0.25, -0.2) is 4.98 Å². The summed E-state index contributed by atoms with van der Waals surface area (Å²) in [5.41, 5.74) is 1.04. The lowest BCUT2D eigenvalue weighted by Crippen LogP contribution is -2.27. The highest BCUT2D eigenvalue weighted by Crippen LogP contribution is 2.21. The fourth-order valence-corrected chi connectivity index (χ4v) is 3.72. The van der Waals surface area contributed by atoms with E-state index in [-0.39, 0.29) is 12.0 Å². The Morgan fingerprint density at radius 3 is 3.09 bits per heavy atom. The van der Waals surface area contributed by atoms with Crippen LogP contribution in [0.5, 0.6) is 0 Å². The number of carbonyl (C=O) groups excluding carboxylic acids is 1. The SMILES string of the molecule is O=C(CCC1CCCCO1)NCCc1nc2ccccc2s1. The van der Waals surface area contributed by atoms with Crippen molar-refractivity contribution in [2.75, 3.05) is 13.2 Å². The third-order valence-electron chi connectivity index (χ3n) is 3.97. The number of nitrogens with zero attached hydrogens (tertiary/aromatic N) is 1. The van der Waals surface area contributed by atoms with Crippen molar-refractivity contribution in [2.45, 2.75) is 44.6 Å². The molecule has 1 N–H and O–H groups in total. The van der Waals surface area contributed by atoms with Gasteiger partial charge in [-0.05, 0) is 37.8 Å². The first-order chi connectivity index (χ1) is 10.8. The maximum absolute atomic E-state index is 11.9. The van der Waals surface area contributed by atoms with Crippen LogP contribution in [0, 0.1) is 0 Å². The van der Waals surface area contributed by atoms with Gasteiger partial charge in [0.2, 0.25) is 5.91 Å². The summed E-state index contributed by atoms with van der Waals surface area (Å²) >= 11 is 1.70. The van der Waals surface area contributed by atoms with Crippen molar-refractivity contribution in [3.05, 3.63) is 29.3 Å². The first kappa shape index (κ1) is 15.4. The molecule has 118 valence electrons. The van der Waals surface area contributed by atoms with Gasteiger partial charge in [-0.15, -0.1) is 11.3 Å². The first-order valence-corrected chi connectivity index (χ1v) is 8.85. The van der Waals surface area contributed by atoms with Crippen LogP contribution in [0.2, 0.25) is 0 Å². The zero-order valence-corrected chi connectivity index (χ0v) is 13.5. The van der Waals surface area contributed by atoms with Gasteiger partial charge in [0.1, 0.15) is 0 Å². The van der Waals surface area contributed by atoms with Crippen LogP contribution >= 0.6 is 11.3 Å². The molecule has 1 amide bonds. The monoisotopic (exact) mass is 318 g/mol. The molecule has 1 atom stereocenters.